The zero-order chi connectivity index (χ0) is 13.4. The third-order valence-electron chi connectivity index (χ3n) is 3.37. The van der Waals surface area contributed by atoms with Gasteiger partial charge in [0.25, 0.3) is 0 Å². The smallest absolute Gasteiger partial charge is 0.212 e. The third kappa shape index (κ3) is 2.01. The summed E-state index contributed by atoms with van der Waals surface area (Å²) in [7, 11) is 2.08. The monoisotopic (exact) mass is 275 g/mol. The average Bonchev–Trinajstić information content (AvgIpc) is 3.00. The summed E-state index contributed by atoms with van der Waals surface area (Å²) in [5.41, 5.74) is 8.05. The number of benzene rings is 1. The zero-order valence-electron chi connectivity index (χ0n) is 11.1. The highest BCUT2D eigenvalue weighted by atomic mass is 32.2. The molecule has 0 spiro atoms. The van der Waals surface area contributed by atoms with Crippen molar-refractivity contribution < 1.29 is 0 Å². The molecule has 2 aromatic rings. The minimum atomic E-state index is 0.252. The van der Waals surface area contributed by atoms with Gasteiger partial charge in [-0.15, -0.1) is 10.2 Å². The second-order valence-electron chi connectivity index (χ2n) is 4.55. The molecule has 1 aliphatic rings. The molecule has 1 unspecified atom stereocenters. The van der Waals surface area contributed by atoms with Crippen molar-refractivity contribution in [3.8, 4) is 0 Å². The molecule has 0 aliphatic carbocycles. The molecule has 1 aromatic heterocycles. The number of rotatable bonds is 3. The minimum Gasteiger partial charge on any atom is -0.326 e. The first kappa shape index (κ1) is 12.5. The summed E-state index contributed by atoms with van der Waals surface area (Å²) in [4.78, 5) is 0. The molecule has 19 heavy (non-hydrogen) atoms. The SMILES string of the molecule is CCc1nnc2n1N(C)C(c1ccc(CN)cc1)S2. The van der Waals surface area contributed by atoms with Crippen molar-refractivity contribution in [2.24, 2.45) is 5.73 Å². The molecule has 0 fully saturated rings. The van der Waals surface area contributed by atoms with Gasteiger partial charge in [-0.25, -0.2) is 4.68 Å². The van der Waals surface area contributed by atoms with Gasteiger partial charge in [0.15, 0.2) is 5.82 Å². The van der Waals surface area contributed by atoms with Crippen LogP contribution in [0.15, 0.2) is 29.4 Å². The lowest BCUT2D eigenvalue weighted by atomic mass is 10.1. The molecular weight excluding hydrogens is 258 g/mol. The first-order chi connectivity index (χ1) is 9.24. The Kier molecular flexibility index (Phi) is 3.20. The van der Waals surface area contributed by atoms with Crippen LogP contribution < -0.4 is 10.7 Å². The maximum Gasteiger partial charge on any atom is 0.212 e. The van der Waals surface area contributed by atoms with Crippen LogP contribution in [0.3, 0.4) is 0 Å². The molecular formula is C13H17N5S. The number of aryl methyl sites for hydroxylation is 1. The Balaban J connectivity index is 1.90. The fraction of sp³-hybridized carbons (Fsp3) is 0.385. The van der Waals surface area contributed by atoms with Crippen molar-refractivity contribution >= 4 is 11.8 Å². The van der Waals surface area contributed by atoms with Crippen molar-refractivity contribution in [2.45, 2.75) is 30.4 Å². The maximum absolute atomic E-state index is 5.63. The van der Waals surface area contributed by atoms with Gasteiger partial charge in [-0.3, -0.25) is 5.01 Å². The number of nitrogens with two attached hydrogens (primary N) is 1. The lowest BCUT2D eigenvalue weighted by Crippen LogP contribution is -2.29. The van der Waals surface area contributed by atoms with E-state index in [0.717, 1.165) is 23.0 Å². The number of nitrogens with zero attached hydrogens (tertiary/aromatic N) is 4. The normalized spacial score (nSPS) is 17.8. The number of hydrogen-bond acceptors (Lipinski definition) is 5. The Morgan fingerprint density at radius 2 is 2.00 bits per heavy atom. The fourth-order valence-corrected chi connectivity index (χ4v) is 3.45. The van der Waals surface area contributed by atoms with E-state index in [9.17, 15) is 0 Å². The van der Waals surface area contributed by atoms with Gasteiger partial charge < -0.3 is 5.73 Å². The highest BCUT2D eigenvalue weighted by molar-refractivity contribution is 7.99. The molecule has 0 saturated heterocycles. The average molecular weight is 275 g/mol. The van der Waals surface area contributed by atoms with Crippen molar-refractivity contribution in [1.82, 2.24) is 14.9 Å². The van der Waals surface area contributed by atoms with Crippen LogP contribution in [0.5, 0.6) is 0 Å². The topological polar surface area (TPSA) is 60.0 Å². The van der Waals surface area contributed by atoms with Crippen LogP contribution in [0.25, 0.3) is 0 Å². The lowest BCUT2D eigenvalue weighted by Gasteiger charge is -2.23. The van der Waals surface area contributed by atoms with E-state index in [-0.39, 0.29) is 5.37 Å². The molecule has 1 atom stereocenters. The molecule has 1 aliphatic heterocycles. The Hall–Kier alpha value is -1.53. The molecule has 0 amide bonds. The van der Waals surface area contributed by atoms with E-state index in [1.807, 2.05) is 0 Å². The fourth-order valence-electron chi connectivity index (χ4n) is 2.29. The van der Waals surface area contributed by atoms with Crippen molar-refractivity contribution in [3.05, 3.63) is 41.2 Å². The summed E-state index contributed by atoms with van der Waals surface area (Å²) < 4.78 is 2.10. The summed E-state index contributed by atoms with van der Waals surface area (Å²) in [5.74, 6) is 1.01. The quantitative estimate of drug-likeness (QED) is 0.923. The Bertz CT molecular complexity index is 577. The highest BCUT2D eigenvalue weighted by Gasteiger charge is 2.32. The molecule has 6 heteroatoms. The largest absolute Gasteiger partial charge is 0.326 e. The number of hydrogen-bond donors (Lipinski definition) is 1. The highest BCUT2D eigenvalue weighted by Crippen LogP contribution is 2.42. The van der Waals surface area contributed by atoms with E-state index < -0.39 is 0 Å². The molecule has 2 N–H and O–H groups in total. The van der Waals surface area contributed by atoms with Crippen molar-refractivity contribution in [1.29, 1.82) is 0 Å². The number of fused-ring (bicyclic) bond motifs is 1. The van der Waals surface area contributed by atoms with Crippen LogP contribution in [-0.4, -0.2) is 21.9 Å². The van der Waals surface area contributed by atoms with Crippen LogP contribution in [0.2, 0.25) is 0 Å². The molecule has 100 valence electrons. The molecule has 1 aromatic carbocycles. The first-order valence-corrected chi connectivity index (χ1v) is 7.25. The number of aromatic nitrogens is 3. The van der Waals surface area contributed by atoms with Gasteiger partial charge in [-0.1, -0.05) is 43.0 Å². The lowest BCUT2D eigenvalue weighted by molar-refractivity contribution is 0.594. The van der Waals surface area contributed by atoms with Crippen LogP contribution in [0.4, 0.5) is 0 Å². The van der Waals surface area contributed by atoms with E-state index >= 15 is 0 Å². The minimum absolute atomic E-state index is 0.252. The molecule has 0 bridgehead atoms. The second kappa shape index (κ2) is 4.86. The van der Waals surface area contributed by atoms with Crippen LogP contribution >= 0.6 is 11.8 Å². The summed E-state index contributed by atoms with van der Waals surface area (Å²) in [6.45, 7) is 2.68. The Morgan fingerprint density at radius 3 is 2.63 bits per heavy atom. The summed E-state index contributed by atoms with van der Waals surface area (Å²) in [5, 5.41) is 11.8. The van der Waals surface area contributed by atoms with Crippen LogP contribution in [0.1, 0.15) is 29.2 Å². The molecule has 3 rings (SSSR count). The van der Waals surface area contributed by atoms with Gasteiger partial charge in [0.05, 0.1) is 0 Å². The van der Waals surface area contributed by atoms with E-state index in [4.69, 9.17) is 5.73 Å². The first-order valence-electron chi connectivity index (χ1n) is 6.37. The summed E-state index contributed by atoms with van der Waals surface area (Å²) in [6.07, 6.45) is 0.886. The summed E-state index contributed by atoms with van der Waals surface area (Å²) in [6, 6.07) is 8.46. The molecule has 0 radical (unpaired) electrons. The van der Waals surface area contributed by atoms with E-state index in [2.05, 4.69) is 58.1 Å². The van der Waals surface area contributed by atoms with Crippen molar-refractivity contribution in [3.63, 3.8) is 0 Å². The molecule has 5 nitrogen and oxygen atoms in total. The predicted molar refractivity (Wildman–Crippen MR) is 76.5 cm³/mol. The van der Waals surface area contributed by atoms with Gasteiger partial charge in [0, 0.05) is 20.0 Å². The zero-order valence-corrected chi connectivity index (χ0v) is 11.9. The Labute approximate surface area is 116 Å². The van der Waals surface area contributed by atoms with Gasteiger partial charge in [0.1, 0.15) is 5.37 Å². The van der Waals surface area contributed by atoms with E-state index in [1.54, 1.807) is 11.8 Å². The number of thioether (sulfide) groups is 1. The van der Waals surface area contributed by atoms with Crippen molar-refractivity contribution in [2.75, 3.05) is 12.1 Å². The van der Waals surface area contributed by atoms with Crippen LogP contribution in [-0.2, 0) is 13.0 Å². The van der Waals surface area contributed by atoms with E-state index in [0.29, 0.717) is 6.54 Å². The van der Waals surface area contributed by atoms with Gasteiger partial charge in [-0.2, -0.15) is 0 Å². The van der Waals surface area contributed by atoms with E-state index in [1.165, 1.54) is 5.56 Å². The third-order valence-corrected chi connectivity index (χ3v) is 4.63. The Morgan fingerprint density at radius 1 is 1.26 bits per heavy atom. The summed E-state index contributed by atoms with van der Waals surface area (Å²) >= 11 is 1.73. The standard InChI is InChI=1S/C13H17N5S/c1-3-11-15-16-13-18(11)17(2)12(19-13)10-6-4-9(8-14)5-7-10/h4-7,12H,3,8,14H2,1-2H3. The van der Waals surface area contributed by atoms with Gasteiger partial charge >= 0.3 is 0 Å². The second-order valence-corrected chi connectivity index (χ2v) is 5.60. The maximum atomic E-state index is 5.63. The molecule has 2 heterocycles. The van der Waals surface area contributed by atoms with Gasteiger partial charge in [0.2, 0.25) is 5.16 Å². The predicted octanol–water partition coefficient (Wildman–Crippen LogP) is 1.67. The molecule has 0 saturated carbocycles. The van der Waals surface area contributed by atoms with Gasteiger partial charge in [-0.05, 0) is 11.1 Å². The van der Waals surface area contributed by atoms with Crippen LogP contribution in [0, 0.1) is 0 Å².